The molecule has 3 aromatic carbocycles. The van der Waals surface area contributed by atoms with E-state index < -0.39 is 35.8 Å². The van der Waals surface area contributed by atoms with Crippen LogP contribution in [-0.4, -0.2) is 84.4 Å². The largest absolute Gasteiger partial charge is 0.490 e. The van der Waals surface area contributed by atoms with Gasteiger partial charge in [0.2, 0.25) is 5.91 Å². The van der Waals surface area contributed by atoms with Gasteiger partial charge in [0.25, 0.3) is 5.91 Å². The Balaban J connectivity index is 1.56. The molecule has 0 spiro atoms. The van der Waals surface area contributed by atoms with Crippen molar-refractivity contribution >= 4 is 29.2 Å². The highest BCUT2D eigenvalue weighted by Gasteiger charge is 2.32. The third-order valence-electron chi connectivity index (χ3n) is 8.86. The van der Waals surface area contributed by atoms with Gasteiger partial charge < -0.3 is 35.0 Å². The predicted molar refractivity (Wildman–Crippen MR) is 189 cm³/mol. The molecule has 4 atom stereocenters. The minimum atomic E-state index is -4.51. The number of halogens is 3. The van der Waals surface area contributed by atoms with Crippen LogP contribution in [0.25, 0.3) is 0 Å². The number of alkyl halides is 3. The van der Waals surface area contributed by atoms with Crippen molar-refractivity contribution in [3.05, 3.63) is 89.5 Å². The standard InChI is InChI=1S/C38H47F3N4O6/c1-25-22-45(26(2)24-46)36(48)32-21-31(43-37(49)42-30-15-13-29(14-16-30)38(39,40)41)17-18-33(32)51-27(3)10-8-9-19-50-34(25)23-44(4)35(47)20-28-11-6-5-7-12-28/h5-7,11-18,21,25-27,34,46H,8-10,19-20,22-24H2,1-4H3,(H2,42,43,49)/t25-,26-,27+,34+/m0/s1. The lowest BCUT2D eigenvalue weighted by atomic mass is 10.0. The maximum Gasteiger partial charge on any atom is 0.416 e. The minimum absolute atomic E-state index is 0.0599. The molecule has 13 heteroatoms. The van der Waals surface area contributed by atoms with Crippen molar-refractivity contribution in [2.75, 3.05) is 44.0 Å². The van der Waals surface area contributed by atoms with Crippen LogP contribution in [0.5, 0.6) is 5.75 Å². The van der Waals surface area contributed by atoms with E-state index in [0.717, 1.165) is 42.7 Å². The second-order valence-corrected chi connectivity index (χ2v) is 13.1. The molecule has 0 radical (unpaired) electrons. The maximum absolute atomic E-state index is 14.4. The van der Waals surface area contributed by atoms with E-state index in [1.54, 1.807) is 31.0 Å². The Kier molecular flexibility index (Phi) is 13.9. The van der Waals surface area contributed by atoms with Crippen molar-refractivity contribution in [2.45, 2.75) is 70.9 Å². The van der Waals surface area contributed by atoms with E-state index in [2.05, 4.69) is 10.6 Å². The summed E-state index contributed by atoms with van der Waals surface area (Å²) < 4.78 is 51.5. The van der Waals surface area contributed by atoms with Gasteiger partial charge in [-0.2, -0.15) is 13.2 Å². The molecule has 4 rings (SSSR count). The molecular formula is C38H47F3N4O6. The summed E-state index contributed by atoms with van der Waals surface area (Å²) in [4.78, 5) is 43.5. The van der Waals surface area contributed by atoms with Gasteiger partial charge in [-0.1, -0.05) is 37.3 Å². The first-order chi connectivity index (χ1) is 24.2. The fraction of sp³-hybridized carbons (Fsp3) is 0.447. The summed E-state index contributed by atoms with van der Waals surface area (Å²) >= 11 is 0. The first-order valence-electron chi connectivity index (χ1n) is 17.1. The van der Waals surface area contributed by atoms with Crippen molar-refractivity contribution in [1.82, 2.24) is 9.80 Å². The van der Waals surface area contributed by atoms with Crippen molar-refractivity contribution < 1.29 is 42.1 Å². The second kappa shape index (κ2) is 18.0. The molecule has 0 unspecified atom stereocenters. The third-order valence-corrected chi connectivity index (χ3v) is 8.86. The van der Waals surface area contributed by atoms with Crippen LogP contribution in [0.3, 0.4) is 0 Å². The lowest BCUT2D eigenvalue weighted by molar-refractivity contribution is -0.137. The van der Waals surface area contributed by atoms with Crippen molar-refractivity contribution in [3.8, 4) is 5.75 Å². The number of rotatable bonds is 8. The fourth-order valence-electron chi connectivity index (χ4n) is 5.78. The van der Waals surface area contributed by atoms with E-state index in [4.69, 9.17) is 9.47 Å². The highest BCUT2D eigenvalue weighted by Crippen LogP contribution is 2.31. The Hall–Kier alpha value is -4.62. The third kappa shape index (κ3) is 11.4. The van der Waals surface area contributed by atoms with E-state index in [-0.39, 0.29) is 54.4 Å². The molecule has 3 N–H and O–H groups in total. The zero-order valence-electron chi connectivity index (χ0n) is 29.4. The van der Waals surface area contributed by atoms with Crippen LogP contribution in [0.4, 0.5) is 29.3 Å². The molecule has 3 aromatic rings. The van der Waals surface area contributed by atoms with Crippen molar-refractivity contribution in [3.63, 3.8) is 0 Å². The molecule has 1 aliphatic heterocycles. The molecule has 10 nitrogen and oxygen atoms in total. The number of amides is 4. The number of aliphatic hydroxyl groups excluding tert-OH is 1. The number of ether oxygens (including phenoxy) is 2. The first kappa shape index (κ1) is 39.2. The predicted octanol–water partition coefficient (Wildman–Crippen LogP) is 6.85. The van der Waals surface area contributed by atoms with Crippen LogP contribution in [-0.2, 0) is 22.1 Å². The van der Waals surface area contributed by atoms with Gasteiger partial charge in [-0.3, -0.25) is 9.59 Å². The molecule has 0 saturated heterocycles. The van der Waals surface area contributed by atoms with Crippen LogP contribution in [0.15, 0.2) is 72.8 Å². The lowest BCUT2D eigenvalue weighted by Gasteiger charge is -2.36. The second-order valence-electron chi connectivity index (χ2n) is 13.1. The maximum atomic E-state index is 14.4. The SMILES string of the molecule is C[C@@H]1CCCCO[C@H](CN(C)C(=O)Cc2ccccc2)[C@@H](C)CN([C@@H](C)CO)C(=O)c2cc(NC(=O)Nc3ccc(C(F)(F)F)cc3)ccc2O1. The zero-order chi connectivity index (χ0) is 37.1. The number of nitrogens with zero attached hydrogens (tertiary/aromatic N) is 2. The number of hydrogen-bond acceptors (Lipinski definition) is 6. The molecule has 1 heterocycles. The number of aliphatic hydroxyl groups is 1. The summed E-state index contributed by atoms with van der Waals surface area (Å²) in [7, 11) is 1.74. The molecule has 0 aromatic heterocycles. The van der Waals surface area contributed by atoms with Gasteiger partial charge in [-0.05, 0) is 81.1 Å². The molecule has 0 fully saturated rings. The highest BCUT2D eigenvalue weighted by atomic mass is 19.4. The normalized spacial score (nSPS) is 19.6. The molecule has 4 amide bonds. The Morgan fingerprint density at radius 2 is 1.67 bits per heavy atom. The van der Waals surface area contributed by atoms with E-state index in [0.29, 0.717) is 25.3 Å². The number of urea groups is 1. The van der Waals surface area contributed by atoms with Gasteiger partial charge in [0.15, 0.2) is 0 Å². The quantitative estimate of drug-likeness (QED) is 0.235. The Bertz CT molecular complexity index is 1610. The van der Waals surface area contributed by atoms with Crippen molar-refractivity contribution in [1.29, 1.82) is 0 Å². The summed E-state index contributed by atoms with van der Waals surface area (Å²) in [5.41, 5.74) is 0.612. The fourth-order valence-corrected chi connectivity index (χ4v) is 5.78. The van der Waals surface area contributed by atoms with E-state index in [1.807, 2.05) is 44.2 Å². The van der Waals surface area contributed by atoms with Gasteiger partial charge in [0.1, 0.15) is 5.75 Å². The van der Waals surface area contributed by atoms with Crippen LogP contribution in [0.2, 0.25) is 0 Å². The summed E-state index contributed by atoms with van der Waals surface area (Å²) in [5.74, 6) is -0.450. The van der Waals surface area contributed by atoms with Crippen LogP contribution < -0.4 is 15.4 Å². The summed E-state index contributed by atoms with van der Waals surface area (Å²) in [6.45, 7) is 6.21. The molecule has 0 bridgehead atoms. The Morgan fingerprint density at radius 1 is 1.00 bits per heavy atom. The summed E-state index contributed by atoms with van der Waals surface area (Å²) in [6, 6.07) is 16.8. The van der Waals surface area contributed by atoms with Gasteiger partial charge in [-0.15, -0.1) is 0 Å². The van der Waals surface area contributed by atoms with Crippen LogP contribution in [0.1, 0.15) is 61.5 Å². The van der Waals surface area contributed by atoms with E-state index in [9.17, 15) is 32.7 Å². The van der Waals surface area contributed by atoms with Crippen LogP contribution in [0, 0.1) is 5.92 Å². The van der Waals surface area contributed by atoms with Gasteiger partial charge in [0.05, 0.1) is 42.4 Å². The number of hydrogen-bond donors (Lipinski definition) is 3. The number of carbonyl (C=O) groups excluding carboxylic acids is 3. The summed E-state index contributed by atoms with van der Waals surface area (Å²) in [5, 5.41) is 15.4. The smallest absolute Gasteiger partial charge is 0.416 e. The number of anilines is 2. The number of nitrogens with one attached hydrogen (secondary N) is 2. The molecule has 0 aliphatic carbocycles. The molecular weight excluding hydrogens is 665 g/mol. The molecule has 51 heavy (non-hydrogen) atoms. The van der Waals surface area contributed by atoms with Crippen molar-refractivity contribution in [2.24, 2.45) is 5.92 Å². The van der Waals surface area contributed by atoms with Crippen LogP contribution >= 0.6 is 0 Å². The number of fused-ring (bicyclic) bond motifs is 1. The highest BCUT2D eigenvalue weighted by molar-refractivity contribution is 6.02. The number of carbonyl (C=O) groups is 3. The number of benzene rings is 3. The first-order valence-corrected chi connectivity index (χ1v) is 17.1. The lowest BCUT2D eigenvalue weighted by Crippen LogP contribution is -2.48. The van der Waals surface area contributed by atoms with Gasteiger partial charge in [0, 0.05) is 44.0 Å². The average molecular weight is 713 g/mol. The molecule has 276 valence electrons. The summed E-state index contributed by atoms with van der Waals surface area (Å²) in [6.07, 6.45) is -2.69. The number of likely N-dealkylation sites (N-methyl/N-ethyl adjacent to an activating group) is 1. The van der Waals surface area contributed by atoms with Gasteiger partial charge >= 0.3 is 12.2 Å². The van der Waals surface area contributed by atoms with Gasteiger partial charge in [-0.25, -0.2) is 4.79 Å². The average Bonchev–Trinajstić information content (AvgIpc) is 3.09. The zero-order valence-corrected chi connectivity index (χ0v) is 29.4. The molecule has 0 saturated carbocycles. The van der Waals surface area contributed by atoms with E-state index in [1.165, 1.54) is 11.0 Å². The minimum Gasteiger partial charge on any atom is -0.490 e. The molecule has 1 aliphatic rings. The Labute approximate surface area is 296 Å². The monoisotopic (exact) mass is 712 g/mol. The Morgan fingerprint density at radius 3 is 2.33 bits per heavy atom. The topological polar surface area (TPSA) is 120 Å². The van der Waals surface area contributed by atoms with E-state index >= 15 is 0 Å².